The summed E-state index contributed by atoms with van der Waals surface area (Å²) in [5.41, 5.74) is -1.40. The lowest BCUT2D eigenvalue weighted by Gasteiger charge is -2.08. The van der Waals surface area contributed by atoms with E-state index in [1.165, 1.54) is 13.0 Å². The van der Waals surface area contributed by atoms with E-state index in [0.717, 1.165) is 13.0 Å². The van der Waals surface area contributed by atoms with E-state index in [0.29, 0.717) is 5.56 Å². The average molecular weight is 229 g/mol. The molecule has 0 aliphatic heterocycles. The minimum Gasteiger partial charge on any atom is -0.294 e. The Balaban J connectivity index is 3.60. The second-order valence-corrected chi connectivity index (χ2v) is 3.36. The molecule has 0 bridgehead atoms. The molecule has 0 saturated heterocycles. The van der Waals surface area contributed by atoms with Gasteiger partial charge in [-0.25, -0.2) is 8.78 Å². The molecule has 1 aromatic rings. The predicted octanol–water partition coefficient (Wildman–Crippen LogP) is 3.04. The second kappa shape index (κ2) is 4.34. The van der Waals surface area contributed by atoms with Crippen molar-refractivity contribution in [1.29, 1.82) is 0 Å². The van der Waals surface area contributed by atoms with Crippen molar-refractivity contribution in [1.82, 2.24) is 0 Å². The van der Waals surface area contributed by atoms with Crippen molar-refractivity contribution in [2.75, 3.05) is 0 Å². The first-order valence-corrected chi connectivity index (χ1v) is 4.42. The summed E-state index contributed by atoms with van der Waals surface area (Å²) >= 11 is 0. The van der Waals surface area contributed by atoms with Gasteiger partial charge >= 0.3 is 0 Å². The van der Waals surface area contributed by atoms with Crippen LogP contribution in [-0.2, 0) is 0 Å². The highest BCUT2D eigenvalue weighted by Gasteiger charge is 2.27. The van der Waals surface area contributed by atoms with Crippen molar-refractivity contribution >= 4 is 11.5 Å². The molecule has 4 nitrogen and oxygen atoms in total. The smallest absolute Gasteiger partial charge is 0.279 e. The van der Waals surface area contributed by atoms with Gasteiger partial charge in [0, 0.05) is 11.6 Å². The summed E-state index contributed by atoms with van der Waals surface area (Å²) in [7, 11) is 0. The molecule has 0 amide bonds. The van der Waals surface area contributed by atoms with Crippen molar-refractivity contribution in [2.45, 2.75) is 20.3 Å². The molecule has 6 heteroatoms. The third-order valence-corrected chi connectivity index (χ3v) is 2.10. The van der Waals surface area contributed by atoms with Crippen molar-refractivity contribution in [3.63, 3.8) is 0 Å². The van der Waals surface area contributed by atoms with E-state index in [-0.39, 0.29) is 5.56 Å². The highest BCUT2D eigenvalue weighted by atomic mass is 19.3. The van der Waals surface area contributed by atoms with Crippen LogP contribution in [0.4, 0.5) is 14.5 Å². The number of nitro groups is 1. The van der Waals surface area contributed by atoms with E-state index in [9.17, 15) is 23.7 Å². The molecule has 0 atom stereocenters. The quantitative estimate of drug-likeness (QED) is 0.454. The maximum atomic E-state index is 12.7. The third kappa shape index (κ3) is 2.21. The minimum absolute atomic E-state index is 0.290. The second-order valence-electron chi connectivity index (χ2n) is 3.36. The monoisotopic (exact) mass is 229 g/mol. The summed E-state index contributed by atoms with van der Waals surface area (Å²) in [6.45, 7) is 2.61. The minimum atomic E-state index is -3.04. The zero-order chi connectivity index (χ0) is 12.5. The average Bonchev–Trinajstić information content (AvgIpc) is 2.15. The SMILES string of the molecule is CC(=O)c1cc(C)cc([N+](=O)[O-])c1C(F)F. The van der Waals surface area contributed by atoms with E-state index < -0.39 is 28.4 Å². The van der Waals surface area contributed by atoms with Crippen LogP contribution in [0, 0.1) is 17.0 Å². The number of ketones is 1. The van der Waals surface area contributed by atoms with E-state index in [1.54, 1.807) is 0 Å². The van der Waals surface area contributed by atoms with Crippen molar-refractivity contribution in [3.8, 4) is 0 Å². The Kier molecular flexibility index (Phi) is 3.31. The van der Waals surface area contributed by atoms with Crippen LogP contribution in [0.15, 0.2) is 12.1 Å². The number of nitrogens with zero attached hydrogens (tertiary/aromatic N) is 1. The standard InChI is InChI=1S/C10H9F2NO3/c1-5-3-7(6(2)14)9(10(11)12)8(4-5)13(15)16/h3-4,10H,1-2H3. The highest BCUT2D eigenvalue weighted by Crippen LogP contribution is 2.33. The summed E-state index contributed by atoms with van der Waals surface area (Å²) in [6.07, 6.45) is -3.04. The Bertz CT molecular complexity index is 422. The molecule has 1 rings (SSSR count). The maximum absolute atomic E-state index is 12.7. The van der Waals surface area contributed by atoms with Gasteiger partial charge in [-0.1, -0.05) is 0 Å². The number of nitro benzene ring substituents is 1. The molecular formula is C10H9F2NO3. The van der Waals surface area contributed by atoms with Crippen LogP contribution < -0.4 is 0 Å². The van der Waals surface area contributed by atoms with Crippen LogP contribution in [0.1, 0.15) is 34.8 Å². The lowest BCUT2D eigenvalue weighted by atomic mass is 10.00. The largest absolute Gasteiger partial charge is 0.294 e. The number of carbonyl (C=O) groups excluding carboxylic acids is 1. The van der Waals surface area contributed by atoms with Crippen molar-refractivity contribution in [2.24, 2.45) is 0 Å². The molecular weight excluding hydrogens is 220 g/mol. The van der Waals surface area contributed by atoms with Crippen molar-refractivity contribution in [3.05, 3.63) is 38.9 Å². The van der Waals surface area contributed by atoms with Gasteiger partial charge < -0.3 is 0 Å². The first-order chi connectivity index (χ1) is 7.34. The number of alkyl halides is 2. The Morgan fingerprint density at radius 2 is 2.00 bits per heavy atom. The van der Waals surface area contributed by atoms with Gasteiger partial charge in [0.2, 0.25) is 0 Å². The summed E-state index contributed by atoms with van der Waals surface area (Å²) in [6, 6.07) is 2.27. The Labute approximate surface area is 90.0 Å². The topological polar surface area (TPSA) is 60.2 Å². The van der Waals surface area contributed by atoms with Crippen LogP contribution >= 0.6 is 0 Å². The molecule has 0 spiro atoms. The first kappa shape index (κ1) is 12.2. The van der Waals surface area contributed by atoms with E-state index >= 15 is 0 Å². The Hall–Kier alpha value is -1.85. The Morgan fingerprint density at radius 3 is 2.38 bits per heavy atom. The number of hydrogen-bond acceptors (Lipinski definition) is 3. The molecule has 16 heavy (non-hydrogen) atoms. The number of rotatable bonds is 3. The van der Waals surface area contributed by atoms with Crippen LogP contribution in [-0.4, -0.2) is 10.7 Å². The van der Waals surface area contributed by atoms with Crippen molar-refractivity contribution < 1.29 is 18.5 Å². The zero-order valence-corrected chi connectivity index (χ0v) is 8.66. The molecule has 1 aromatic carbocycles. The molecule has 0 radical (unpaired) electrons. The molecule has 0 saturated carbocycles. The third-order valence-electron chi connectivity index (χ3n) is 2.10. The normalized spacial score (nSPS) is 10.6. The van der Waals surface area contributed by atoms with Gasteiger partial charge in [0.15, 0.2) is 5.78 Å². The summed E-state index contributed by atoms with van der Waals surface area (Å²) in [4.78, 5) is 20.9. The van der Waals surface area contributed by atoms with Gasteiger partial charge in [-0.05, 0) is 25.5 Å². The molecule has 0 fully saturated rings. The van der Waals surface area contributed by atoms with Gasteiger partial charge in [0.1, 0.15) is 5.56 Å². The molecule has 0 aliphatic carbocycles. The first-order valence-electron chi connectivity index (χ1n) is 4.42. The Morgan fingerprint density at radius 1 is 1.44 bits per heavy atom. The predicted molar refractivity (Wildman–Crippen MR) is 52.8 cm³/mol. The summed E-state index contributed by atoms with van der Waals surface area (Å²) < 4.78 is 25.4. The number of hydrogen-bond donors (Lipinski definition) is 0. The van der Waals surface area contributed by atoms with Gasteiger partial charge in [-0.15, -0.1) is 0 Å². The van der Waals surface area contributed by atoms with Gasteiger partial charge in [-0.2, -0.15) is 0 Å². The summed E-state index contributed by atoms with van der Waals surface area (Å²) in [5, 5.41) is 10.6. The summed E-state index contributed by atoms with van der Waals surface area (Å²) in [5.74, 6) is -0.609. The van der Waals surface area contributed by atoms with Gasteiger partial charge in [0.25, 0.3) is 12.1 Å². The number of Topliss-reactive ketones (excluding diaryl/α,β-unsaturated/α-hetero) is 1. The maximum Gasteiger partial charge on any atom is 0.279 e. The lowest BCUT2D eigenvalue weighted by molar-refractivity contribution is -0.386. The molecule has 0 unspecified atom stereocenters. The molecule has 0 aliphatic rings. The van der Waals surface area contributed by atoms with Crippen LogP contribution in [0.2, 0.25) is 0 Å². The van der Waals surface area contributed by atoms with E-state index in [2.05, 4.69) is 0 Å². The fourth-order valence-electron chi connectivity index (χ4n) is 1.45. The lowest BCUT2D eigenvalue weighted by Crippen LogP contribution is -2.05. The fraction of sp³-hybridized carbons (Fsp3) is 0.300. The highest BCUT2D eigenvalue weighted by molar-refractivity contribution is 5.97. The number of benzene rings is 1. The van der Waals surface area contributed by atoms with Gasteiger partial charge in [-0.3, -0.25) is 14.9 Å². The van der Waals surface area contributed by atoms with Crippen LogP contribution in [0.5, 0.6) is 0 Å². The molecule has 0 aromatic heterocycles. The zero-order valence-electron chi connectivity index (χ0n) is 8.66. The molecule has 86 valence electrons. The number of aryl methyl sites for hydroxylation is 1. The van der Waals surface area contributed by atoms with E-state index in [4.69, 9.17) is 0 Å². The number of carbonyl (C=O) groups is 1. The van der Waals surface area contributed by atoms with Crippen LogP contribution in [0.25, 0.3) is 0 Å². The fourth-order valence-corrected chi connectivity index (χ4v) is 1.45. The number of halogens is 2. The molecule has 0 heterocycles. The van der Waals surface area contributed by atoms with Gasteiger partial charge in [0.05, 0.1) is 4.92 Å². The molecule has 0 N–H and O–H groups in total. The van der Waals surface area contributed by atoms with Crippen LogP contribution in [0.3, 0.4) is 0 Å². The van der Waals surface area contributed by atoms with E-state index in [1.807, 2.05) is 0 Å².